The molecule has 0 aliphatic carbocycles. The van der Waals surface area contributed by atoms with Gasteiger partial charge in [0.1, 0.15) is 0 Å². The molecule has 0 aliphatic rings. The third-order valence-corrected chi connectivity index (χ3v) is 7.32. The number of halogens is 1. The van der Waals surface area contributed by atoms with Gasteiger partial charge in [-0.2, -0.15) is 0 Å². The van der Waals surface area contributed by atoms with Crippen LogP contribution in [0.3, 0.4) is 0 Å². The highest BCUT2D eigenvalue weighted by Crippen LogP contribution is 2.25. The molecule has 9 nitrogen and oxygen atoms in total. The van der Waals surface area contributed by atoms with Crippen LogP contribution in [0.4, 0.5) is 10.5 Å². The van der Waals surface area contributed by atoms with Crippen molar-refractivity contribution in [2.24, 2.45) is 11.1 Å². The number of unbranched alkanes of at least 4 members (excludes halogenated alkanes) is 5. The first-order valence-corrected chi connectivity index (χ1v) is 14.3. The zero-order valence-electron chi connectivity index (χ0n) is 21.0. The van der Waals surface area contributed by atoms with Gasteiger partial charge in [0.05, 0.1) is 23.6 Å². The number of hydrogen-bond acceptors (Lipinski definition) is 6. The quantitative estimate of drug-likeness (QED) is 0.156. The third-order valence-electron chi connectivity index (χ3n) is 5.47. The van der Waals surface area contributed by atoms with E-state index in [-0.39, 0.29) is 30.0 Å². The molecular weight excluding hydrogens is 538 g/mol. The fourth-order valence-corrected chi connectivity index (χ4v) is 4.99. The standard InChI is InChI=1S/C24H38BrN3O6S/c1-5-6-7-8-9-10-15-35(32,33)28-19-12-11-17(25)16-18(19)21(29)22(30)27-20(24(2,3)4)13-14-34-23(26)31/h11-12,16,20,28H,5-10,13-15H2,1-4H3,(H2,26,31)(H,27,30). The molecule has 4 N–H and O–H groups in total. The number of ether oxygens (including phenoxy) is 1. The highest BCUT2D eigenvalue weighted by Gasteiger charge is 2.30. The largest absolute Gasteiger partial charge is 0.450 e. The molecule has 1 aromatic rings. The fourth-order valence-electron chi connectivity index (χ4n) is 3.43. The van der Waals surface area contributed by atoms with E-state index in [1.807, 2.05) is 20.8 Å². The average molecular weight is 577 g/mol. The van der Waals surface area contributed by atoms with E-state index < -0.39 is 39.3 Å². The minimum atomic E-state index is -3.70. The number of ketones is 1. The Morgan fingerprint density at radius 2 is 1.71 bits per heavy atom. The van der Waals surface area contributed by atoms with Crippen LogP contribution >= 0.6 is 15.9 Å². The molecule has 0 spiro atoms. The molecule has 1 unspecified atom stereocenters. The van der Waals surface area contributed by atoms with Gasteiger partial charge in [0, 0.05) is 16.9 Å². The van der Waals surface area contributed by atoms with Crippen molar-refractivity contribution in [2.45, 2.75) is 78.7 Å². The maximum absolute atomic E-state index is 13.0. The predicted octanol–water partition coefficient (Wildman–Crippen LogP) is 4.75. The Kier molecular flexibility index (Phi) is 12.7. The van der Waals surface area contributed by atoms with E-state index in [9.17, 15) is 22.8 Å². The Balaban J connectivity index is 2.94. The van der Waals surface area contributed by atoms with Crippen LogP contribution in [-0.4, -0.2) is 44.6 Å². The molecule has 0 aromatic heterocycles. The number of amides is 2. The molecule has 0 bridgehead atoms. The minimum Gasteiger partial charge on any atom is -0.450 e. The van der Waals surface area contributed by atoms with E-state index in [1.165, 1.54) is 12.1 Å². The summed E-state index contributed by atoms with van der Waals surface area (Å²) in [7, 11) is -3.70. The van der Waals surface area contributed by atoms with Gasteiger partial charge in [0.15, 0.2) is 0 Å². The lowest BCUT2D eigenvalue weighted by Gasteiger charge is -2.31. The molecule has 0 heterocycles. The van der Waals surface area contributed by atoms with Crippen LogP contribution in [0, 0.1) is 5.41 Å². The van der Waals surface area contributed by atoms with E-state index in [1.54, 1.807) is 6.07 Å². The summed E-state index contributed by atoms with van der Waals surface area (Å²) in [5.41, 5.74) is 4.52. The monoisotopic (exact) mass is 575 g/mol. The second-order valence-electron chi connectivity index (χ2n) is 9.56. The summed E-state index contributed by atoms with van der Waals surface area (Å²) in [5.74, 6) is -1.84. The molecule has 0 radical (unpaired) electrons. The number of nitrogens with two attached hydrogens (primary N) is 1. The molecule has 0 aliphatic heterocycles. The molecule has 0 saturated heterocycles. The van der Waals surface area contributed by atoms with Gasteiger partial charge in [-0.05, 0) is 30.0 Å². The number of benzene rings is 1. The highest BCUT2D eigenvalue weighted by atomic mass is 79.9. The predicted molar refractivity (Wildman–Crippen MR) is 141 cm³/mol. The Labute approximate surface area is 217 Å². The molecular formula is C24H38BrN3O6S. The zero-order valence-corrected chi connectivity index (χ0v) is 23.4. The molecule has 1 aromatic carbocycles. The Hall–Kier alpha value is -2.14. The summed E-state index contributed by atoms with van der Waals surface area (Å²) < 4.78 is 33.0. The van der Waals surface area contributed by atoms with Crippen molar-refractivity contribution in [1.82, 2.24) is 5.32 Å². The number of Topliss-reactive ketones (excluding diaryl/α,β-unsaturated/α-hetero) is 1. The van der Waals surface area contributed by atoms with Crippen LogP contribution in [0.5, 0.6) is 0 Å². The van der Waals surface area contributed by atoms with Crippen molar-refractivity contribution >= 4 is 49.4 Å². The van der Waals surface area contributed by atoms with Gasteiger partial charge < -0.3 is 15.8 Å². The lowest BCUT2D eigenvalue weighted by atomic mass is 9.84. The minimum absolute atomic E-state index is 0.0217. The molecule has 0 fully saturated rings. The molecule has 198 valence electrons. The van der Waals surface area contributed by atoms with Crippen molar-refractivity contribution in [3.8, 4) is 0 Å². The van der Waals surface area contributed by atoms with E-state index in [2.05, 4.69) is 32.9 Å². The van der Waals surface area contributed by atoms with Crippen molar-refractivity contribution in [3.63, 3.8) is 0 Å². The zero-order chi connectivity index (χ0) is 26.6. The smallest absolute Gasteiger partial charge is 0.404 e. The van der Waals surface area contributed by atoms with E-state index >= 15 is 0 Å². The normalized spacial score (nSPS) is 12.6. The maximum Gasteiger partial charge on any atom is 0.404 e. The summed E-state index contributed by atoms with van der Waals surface area (Å²) in [6, 6.07) is 3.95. The lowest BCUT2D eigenvalue weighted by Crippen LogP contribution is -2.47. The fraction of sp³-hybridized carbons (Fsp3) is 0.625. The number of rotatable bonds is 15. The van der Waals surface area contributed by atoms with Gasteiger partial charge in [-0.3, -0.25) is 14.3 Å². The van der Waals surface area contributed by atoms with E-state index in [0.717, 1.165) is 32.1 Å². The molecule has 2 amide bonds. The highest BCUT2D eigenvalue weighted by molar-refractivity contribution is 9.10. The second-order valence-corrected chi connectivity index (χ2v) is 12.3. The summed E-state index contributed by atoms with van der Waals surface area (Å²) in [6.07, 6.45) is 4.95. The second kappa shape index (κ2) is 14.4. The first-order valence-electron chi connectivity index (χ1n) is 11.8. The van der Waals surface area contributed by atoms with Crippen molar-refractivity contribution in [1.29, 1.82) is 0 Å². The summed E-state index contributed by atoms with van der Waals surface area (Å²) >= 11 is 3.27. The number of carbonyl (C=O) groups excluding carboxylic acids is 3. The molecule has 1 atom stereocenters. The number of carbonyl (C=O) groups is 3. The van der Waals surface area contributed by atoms with Crippen molar-refractivity contribution in [3.05, 3.63) is 28.2 Å². The van der Waals surface area contributed by atoms with Gasteiger partial charge in [-0.1, -0.05) is 75.7 Å². The van der Waals surface area contributed by atoms with Crippen molar-refractivity contribution in [2.75, 3.05) is 17.1 Å². The van der Waals surface area contributed by atoms with Crippen molar-refractivity contribution < 1.29 is 27.5 Å². The third kappa shape index (κ3) is 11.9. The Bertz CT molecular complexity index is 976. The molecule has 35 heavy (non-hydrogen) atoms. The maximum atomic E-state index is 13.0. The summed E-state index contributed by atoms with van der Waals surface area (Å²) in [5, 5.41) is 2.68. The van der Waals surface area contributed by atoms with Crippen LogP contribution < -0.4 is 15.8 Å². The number of anilines is 1. The Morgan fingerprint density at radius 1 is 1.09 bits per heavy atom. The number of nitrogens with one attached hydrogen (secondary N) is 2. The van der Waals surface area contributed by atoms with Crippen LogP contribution in [0.1, 0.15) is 83.0 Å². The first kappa shape index (κ1) is 30.9. The molecule has 0 saturated carbocycles. The lowest BCUT2D eigenvalue weighted by molar-refractivity contribution is -0.118. The number of primary amides is 1. The summed E-state index contributed by atoms with van der Waals surface area (Å²) in [6.45, 7) is 7.70. The average Bonchev–Trinajstić information content (AvgIpc) is 2.75. The number of sulfonamides is 1. The summed E-state index contributed by atoms with van der Waals surface area (Å²) in [4.78, 5) is 36.7. The van der Waals surface area contributed by atoms with E-state index in [0.29, 0.717) is 10.9 Å². The van der Waals surface area contributed by atoms with Crippen LogP contribution in [0.25, 0.3) is 0 Å². The van der Waals surface area contributed by atoms with Gasteiger partial charge >= 0.3 is 6.09 Å². The van der Waals surface area contributed by atoms with Crippen LogP contribution in [0.2, 0.25) is 0 Å². The first-order chi connectivity index (χ1) is 16.3. The number of hydrogen-bond donors (Lipinski definition) is 3. The topological polar surface area (TPSA) is 145 Å². The Morgan fingerprint density at radius 3 is 2.31 bits per heavy atom. The molecule has 11 heteroatoms. The van der Waals surface area contributed by atoms with E-state index in [4.69, 9.17) is 10.5 Å². The van der Waals surface area contributed by atoms with Gasteiger partial charge in [0.25, 0.3) is 11.7 Å². The van der Waals surface area contributed by atoms with Gasteiger partial charge in [-0.25, -0.2) is 13.2 Å². The van der Waals surface area contributed by atoms with Gasteiger partial charge in [-0.15, -0.1) is 0 Å². The van der Waals surface area contributed by atoms with Gasteiger partial charge in [0.2, 0.25) is 10.0 Å². The van der Waals surface area contributed by atoms with Crippen LogP contribution in [0.15, 0.2) is 22.7 Å². The van der Waals surface area contributed by atoms with Crippen LogP contribution in [-0.2, 0) is 19.6 Å². The SMILES string of the molecule is CCCCCCCCS(=O)(=O)Nc1ccc(Br)cc1C(=O)C(=O)NC(CCOC(N)=O)C(C)(C)C. The molecule has 1 rings (SSSR count).